The lowest BCUT2D eigenvalue weighted by Crippen LogP contribution is -2.45. The van der Waals surface area contributed by atoms with Crippen molar-refractivity contribution in [3.63, 3.8) is 0 Å². The summed E-state index contributed by atoms with van der Waals surface area (Å²) in [5, 5.41) is 2.45. The minimum absolute atomic E-state index is 0.0911. The van der Waals surface area contributed by atoms with E-state index in [2.05, 4.69) is 5.32 Å². The Bertz CT molecular complexity index is 236. The third-order valence-corrected chi connectivity index (χ3v) is 2.46. The van der Waals surface area contributed by atoms with E-state index >= 15 is 0 Å². The van der Waals surface area contributed by atoms with Gasteiger partial charge in [-0.25, -0.2) is 0 Å². The molecule has 1 heterocycles. The Hall–Kier alpha value is -1.14. The van der Waals surface area contributed by atoms with Crippen LogP contribution in [-0.4, -0.2) is 48.9 Å². The Balaban J connectivity index is 2.17. The van der Waals surface area contributed by atoms with Crippen LogP contribution in [0.25, 0.3) is 0 Å². The number of primary amides is 1. The third-order valence-electron chi connectivity index (χ3n) is 2.46. The third kappa shape index (κ3) is 4.75. The highest BCUT2D eigenvalue weighted by atomic mass is 16.2. The van der Waals surface area contributed by atoms with Gasteiger partial charge < -0.3 is 16.8 Å². The van der Waals surface area contributed by atoms with Crippen LogP contribution in [-0.2, 0) is 9.59 Å². The number of likely N-dealkylation sites (tertiary alicyclic amines) is 1. The first-order chi connectivity index (χ1) is 7.08. The van der Waals surface area contributed by atoms with Crippen molar-refractivity contribution in [1.82, 2.24) is 10.2 Å². The fourth-order valence-electron chi connectivity index (χ4n) is 1.56. The van der Waals surface area contributed by atoms with Crippen LogP contribution in [0, 0.1) is 0 Å². The van der Waals surface area contributed by atoms with Gasteiger partial charge in [0.1, 0.15) is 0 Å². The number of carbonyl (C=O) groups excluding carboxylic acids is 2. The molecule has 2 amide bonds. The second-order valence-corrected chi connectivity index (χ2v) is 3.86. The predicted octanol–water partition coefficient (Wildman–Crippen LogP) is -1.99. The Morgan fingerprint density at radius 3 is 2.47 bits per heavy atom. The molecule has 0 atom stereocenters. The predicted molar refractivity (Wildman–Crippen MR) is 55.9 cm³/mol. The van der Waals surface area contributed by atoms with Crippen molar-refractivity contribution < 1.29 is 9.59 Å². The minimum atomic E-state index is -0.524. The normalized spacial score (nSPS) is 18.7. The molecule has 86 valence electrons. The van der Waals surface area contributed by atoms with E-state index in [0.717, 1.165) is 25.9 Å². The van der Waals surface area contributed by atoms with E-state index in [0.29, 0.717) is 6.54 Å². The van der Waals surface area contributed by atoms with Crippen LogP contribution in [0.5, 0.6) is 0 Å². The number of nitrogens with two attached hydrogens (primary N) is 2. The van der Waals surface area contributed by atoms with Gasteiger partial charge in [0.2, 0.25) is 11.8 Å². The molecule has 1 rings (SSSR count). The summed E-state index contributed by atoms with van der Waals surface area (Å²) in [6.45, 7) is 1.91. The maximum atomic E-state index is 11.3. The van der Waals surface area contributed by atoms with Gasteiger partial charge in [0.15, 0.2) is 0 Å². The van der Waals surface area contributed by atoms with Gasteiger partial charge >= 0.3 is 0 Å². The standard InChI is InChI=1S/C9H18N4O2/c10-7-1-3-13(4-2-7)6-9(15)12-5-8(11)14/h7H,1-6,10H2,(H2,11,14)(H,12,15). The minimum Gasteiger partial charge on any atom is -0.368 e. The van der Waals surface area contributed by atoms with E-state index < -0.39 is 5.91 Å². The van der Waals surface area contributed by atoms with Crippen molar-refractivity contribution in [1.29, 1.82) is 0 Å². The first-order valence-corrected chi connectivity index (χ1v) is 5.11. The van der Waals surface area contributed by atoms with E-state index in [-0.39, 0.29) is 18.5 Å². The monoisotopic (exact) mass is 214 g/mol. The summed E-state index contributed by atoms with van der Waals surface area (Å²) in [7, 11) is 0. The molecule has 0 aromatic carbocycles. The number of piperidine rings is 1. The SMILES string of the molecule is NC(=O)CNC(=O)CN1CCC(N)CC1. The van der Waals surface area contributed by atoms with Crippen molar-refractivity contribution in [3.8, 4) is 0 Å². The average molecular weight is 214 g/mol. The number of hydrogen-bond acceptors (Lipinski definition) is 4. The number of hydrogen-bond donors (Lipinski definition) is 3. The number of nitrogens with zero attached hydrogens (tertiary/aromatic N) is 1. The molecule has 1 saturated heterocycles. The molecule has 1 aliphatic rings. The number of carbonyl (C=O) groups is 2. The van der Waals surface area contributed by atoms with Crippen LogP contribution < -0.4 is 16.8 Å². The van der Waals surface area contributed by atoms with Gasteiger partial charge in [-0.1, -0.05) is 0 Å². The maximum Gasteiger partial charge on any atom is 0.236 e. The van der Waals surface area contributed by atoms with Crippen LogP contribution >= 0.6 is 0 Å². The zero-order chi connectivity index (χ0) is 11.3. The van der Waals surface area contributed by atoms with Crippen LogP contribution in [0.15, 0.2) is 0 Å². The number of amides is 2. The Kier molecular flexibility index (Phi) is 4.51. The Morgan fingerprint density at radius 1 is 1.33 bits per heavy atom. The lowest BCUT2D eigenvalue weighted by Gasteiger charge is -2.29. The van der Waals surface area contributed by atoms with Gasteiger partial charge in [-0.15, -0.1) is 0 Å². The molecule has 0 radical (unpaired) electrons. The van der Waals surface area contributed by atoms with E-state index in [1.165, 1.54) is 0 Å². The van der Waals surface area contributed by atoms with E-state index in [4.69, 9.17) is 11.5 Å². The summed E-state index contributed by atoms with van der Waals surface area (Å²) < 4.78 is 0. The number of rotatable bonds is 4. The molecule has 6 nitrogen and oxygen atoms in total. The summed E-state index contributed by atoms with van der Waals surface area (Å²) in [5.74, 6) is -0.687. The molecule has 15 heavy (non-hydrogen) atoms. The molecular weight excluding hydrogens is 196 g/mol. The van der Waals surface area contributed by atoms with Crippen molar-refractivity contribution in [2.75, 3.05) is 26.2 Å². The highest BCUT2D eigenvalue weighted by Crippen LogP contribution is 2.06. The van der Waals surface area contributed by atoms with Crippen molar-refractivity contribution in [2.45, 2.75) is 18.9 Å². The average Bonchev–Trinajstić information content (AvgIpc) is 2.19. The largest absolute Gasteiger partial charge is 0.368 e. The fraction of sp³-hybridized carbons (Fsp3) is 0.778. The molecule has 0 unspecified atom stereocenters. The molecule has 0 spiro atoms. The van der Waals surface area contributed by atoms with Crippen LogP contribution in [0.1, 0.15) is 12.8 Å². The van der Waals surface area contributed by atoms with Gasteiger partial charge in [-0.2, -0.15) is 0 Å². The van der Waals surface area contributed by atoms with Crippen LogP contribution in [0.3, 0.4) is 0 Å². The molecule has 0 aromatic rings. The second-order valence-electron chi connectivity index (χ2n) is 3.86. The molecule has 0 aromatic heterocycles. The van der Waals surface area contributed by atoms with Gasteiger partial charge in [0.25, 0.3) is 0 Å². The van der Waals surface area contributed by atoms with Crippen molar-refractivity contribution in [3.05, 3.63) is 0 Å². The van der Waals surface area contributed by atoms with Gasteiger partial charge in [0, 0.05) is 19.1 Å². The van der Waals surface area contributed by atoms with E-state index in [1.54, 1.807) is 0 Å². The van der Waals surface area contributed by atoms with Crippen molar-refractivity contribution in [2.24, 2.45) is 11.5 Å². The Labute approximate surface area is 89.0 Å². The van der Waals surface area contributed by atoms with Crippen LogP contribution in [0.4, 0.5) is 0 Å². The fourth-order valence-corrected chi connectivity index (χ4v) is 1.56. The Morgan fingerprint density at radius 2 is 1.93 bits per heavy atom. The summed E-state index contributed by atoms with van der Waals surface area (Å²) in [5.41, 5.74) is 10.6. The van der Waals surface area contributed by atoms with Gasteiger partial charge in [-0.05, 0) is 12.8 Å². The molecule has 1 fully saturated rings. The second kappa shape index (κ2) is 5.67. The lowest BCUT2D eigenvalue weighted by molar-refractivity contribution is -0.125. The van der Waals surface area contributed by atoms with Gasteiger partial charge in [0.05, 0.1) is 13.1 Å². The van der Waals surface area contributed by atoms with E-state index in [9.17, 15) is 9.59 Å². The molecule has 6 heteroatoms. The lowest BCUT2D eigenvalue weighted by atomic mass is 10.1. The first-order valence-electron chi connectivity index (χ1n) is 5.11. The molecule has 0 saturated carbocycles. The summed E-state index contributed by atoms with van der Waals surface area (Å²) in [6, 6.07) is 0.259. The molecule has 0 aliphatic carbocycles. The topological polar surface area (TPSA) is 101 Å². The number of nitrogens with one attached hydrogen (secondary N) is 1. The smallest absolute Gasteiger partial charge is 0.236 e. The zero-order valence-corrected chi connectivity index (χ0v) is 8.74. The maximum absolute atomic E-state index is 11.3. The summed E-state index contributed by atoms with van der Waals surface area (Å²) >= 11 is 0. The van der Waals surface area contributed by atoms with Crippen molar-refractivity contribution >= 4 is 11.8 Å². The zero-order valence-electron chi connectivity index (χ0n) is 8.74. The molecule has 0 bridgehead atoms. The first kappa shape index (κ1) is 11.9. The van der Waals surface area contributed by atoms with Crippen LogP contribution in [0.2, 0.25) is 0 Å². The highest BCUT2D eigenvalue weighted by Gasteiger charge is 2.17. The quantitative estimate of drug-likeness (QED) is 0.504. The molecule has 5 N–H and O–H groups in total. The highest BCUT2D eigenvalue weighted by molar-refractivity contribution is 5.84. The summed E-state index contributed by atoms with van der Waals surface area (Å²) in [6.07, 6.45) is 1.84. The summed E-state index contributed by atoms with van der Waals surface area (Å²) in [4.78, 5) is 23.7. The molecule has 1 aliphatic heterocycles. The molecular formula is C9H18N4O2. The van der Waals surface area contributed by atoms with Gasteiger partial charge in [-0.3, -0.25) is 14.5 Å². The van der Waals surface area contributed by atoms with E-state index in [1.807, 2.05) is 4.90 Å².